The molecule has 1 fully saturated rings. The summed E-state index contributed by atoms with van der Waals surface area (Å²) < 4.78 is 0.744. The van der Waals surface area contributed by atoms with Crippen LogP contribution in [0, 0.1) is 6.92 Å². The van der Waals surface area contributed by atoms with Gasteiger partial charge in [-0.05, 0) is 60.9 Å². The zero-order valence-corrected chi connectivity index (χ0v) is 17.0. The standard InChI is InChI=1S/C19H22Cl2N2OS/c1-13-6-7-14(15-8-11-25-17(15)20)12-16(13)19(2,21)18(24)23-10-5-4-9-22(23)3/h6-8,11-12H,4-5,9-10H2,1-3H3. The highest BCUT2D eigenvalue weighted by Gasteiger charge is 2.39. The number of carbonyl (C=O) groups is 1. The number of amides is 1. The molecule has 0 saturated carbocycles. The second kappa shape index (κ2) is 7.28. The highest BCUT2D eigenvalue weighted by atomic mass is 35.5. The van der Waals surface area contributed by atoms with Crippen LogP contribution in [0.5, 0.6) is 0 Å². The number of thiophene rings is 1. The molecule has 0 spiro atoms. The van der Waals surface area contributed by atoms with Crippen LogP contribution in [0.25, 0.3) is 11.1 Å². The van der Waals surface area contributed by atoms with E-state index in [1.165, 1.54) is 11.3 Å². The maximum absolute atomic E-state index is 13.2. The van der Waals surface area contributed by atoms with Crippen LogP contribution in [0.1, 0.15) is 30.9 Å². The first-order chi connectivity index (χ1) is 11.8. The zero-order valence-electron chi connectivity index (χ0n) is 14.7. The summed E-state index contributed by atoms with van der Waals surface area (Å²) in [5.74, 6) is -0.0759. The van der Waals surface area contributed by atoms with Gasteiger partial charge in [0.15, 0.2) is 0 Å². The predicted octanol–water partition coefficient (Wildman–Crippen LogP) is 5.30. The maximum Gasteiger partial charge on any atom is 0.262 e. The Bertz CT molecular complexity index is 787. The third-order valence-electron chi connectivity index (χ3n) is 4.82. The maximum atomic E-state index is 13.2. The molecule has 2 heterocycles. The zero-order chi connectivity index (χ0) is 18.2. The fraction of sp³-hybridized carbons (Fsp3) is 0.421. The molecular weight excluding hydrogens is 375 g/mol. The Balaban J connectivity index is 1.99. The number of benzene rings is 1. The average molecular weight is 397 g/mol. The number of hydrogen-bond donors (Lipinski definition) is 0. The summed E-state index contributed by atoms with van der Waals surface area (Å²) in [4.78, 5) is 12.1. The molecule has 1 aromatic heterocycles. The number of aryl methyl sites for hydroxylation is 1. The number of hydrazine groups is 1. The number of carbonyl (C=O) groups excluding carboxylic acids is 1. The molecule has 0 radical (unpaired) electrons. The Morgan fingerprint density at radius 2 is 1.96 bits per heavy atom. The van der Waals surface area contributed by atoms with Crippen LogP contribution in [0.4, 0.5) is 0 Å². The van der Waals surface area contributed by atoms with E-state index in [9.17, 15) is 4.79 Å². The van der Waals surface area contributed by atoms with Crippen LogP contribution in [0.15, 0.2) is 29.6 Å². The number of rotatable bonds is 3. The van der Waals surface area contributed by atoms with Crippen molar-refractivity contribution >= 4 is 40.4 Å². The van der Waals surface area contributed by atoms with Crippen molar-refractivity contribution in [3.63, 3.8) is 0 Å². The van der Waals surface area contributed by atoms with Gasteiger partial charge in [0.2, 0.25) is 0 Å². The van der Waals surface area contributed by atoms with Crippen LogP contribution in [-0.4, -0.2) is 36.1 Å². The molecule has 0 N–H and O–H groups in total. The van der Waals surface area contributed by atoms with Crippen LogP contribution < -0.4 is 0 Å². The van der Waals surface area contributed by atoms with Crippen LogP contribution in [0.3, 0.4) is 0 Å². The third kappa shape index (κ3) is 3.59. The van der Waals surface area contributed by atoms with E-state index in [-0.39, 0.29) is 5.91 Å². The molecule has 1 unspecified atom stereocenters. The van der Waals surface area contributed by atoms with Gasteiger partial charge in [-0.1, -0.05) is 23.7 Å². The van der Waals surface area contributed by atoms with Gasteiger partial charge in [0.1, 0.15) is 9.21 Å². The molecular formula is C19H22Cl2N2OS. The van der Waals surface area contributed by atoms with Crippen molar-refractivity contribution in [2.24, 2.45) is 0 Å². The molecule has 1 aromatic carbocycles. The SMILES string of the molecule is Cc1ccc(-c2ccsc2Cl)cc1C(C)(Cl)C(=O)N1CCCCN1C. The Labute approximate surface area is 163 Å². The summed E-state index contributed by atoms with van der Waals surface area (Å²) in [6.07, 6.45) is 2.11. The number of halogens is 2. The lowest BCUT2D eigenvalue weighted by atomic mass is 9.91. The molecule has 25 heavy (non-hydrogen) atoms. The van der Waals surface area contributed by atoms with Gasteiger partial charge in [-0.25, -0.2) is 5.01 Å². The topological polar surface area (TPSA) is 23.6 Å². The normalized spacial score (nSPS) is 18.2. The van der Waals surface area contributed by atoms with Crippen molar-refractivity contribution in [1.29, 1.82) is 0 Å². The second-order valence-electron chi connectivity index (χ2n) is 6.66. The minimum Gasteiger partial charge on any atom is -0.274 e. The first-order valence-electron chi connectivity index (χ1n) is 8.39. The van der Waals surface area contributed by atoms with Crippen LogP contribution >= 0.6 is 34.5 Å². The van der Waals surface area contributed by atoms with E-state index in [0.717, 1.165) is 46.0 Å². The number of alkyl halides is 1. The molecule has 3 rings (SSSR count). The lowest BCUT2D eigenvalue weighted by Gasteiger charge is -2.40. The predicted molar refractivity (Wildman–Crippen MR) is 106 cm³/mol. The largest absolute Gasteiger partial charge is 0.274 e. The molecule has 1 atom stereocenters. The molecule has 6 heteroatoms. The summed E-state index contributed by atoms with van der Waals surface area (Å²) >= 11 is 14.6. The highest BCUT2D eigenvalue weighted by molar-refractivity contribution is 7.15. The van der Waals surface area contributed by atoms with Crippen molar-refractivity contribution in [2.45, 2.75) is 31.6 Å². The molecule has 2 aromatic rings. The molecule has 1 aliphatic rings. The summed E-state index contributed by atoms with van der Waals surface area (Å²) in [5.41, 5.74) is 3.79. The summed E-state index contributed by atoms with van der Waals surface area (Å²) in [7, 11) is 1.94. The van der Waals surface area contributed by atoms with Gasteiger partial charge < -0.3 is 0 Å². The molecule has 1 aliphatic heterocycles. The summed E-state index contributed by atoms with van der Waals surface area (Å²) in [6.45, 7) is 5.37. The van der Waals surface area contributed by atoms with E-state index in [0.29, 0.717) is 6.54 Å². The molecule has 0 bridgehead atoms. The van der Waals surface area contributed by atoms with E-state index in [1.807, 2.05) is 48.6 Å². The Hall–Kier alpha value is -1.07. The van der Waals surface area contributed by atoms with Gasteiger partial charge in [-0.3, -0.25) is 9.80 Å². The van der Waals surface area contributed by atoms with Gasteiger partial charge in [-0.15, -0.1) is 22.9 Å². The smallest absolute Gasteiger partial charge is 0.262 e. The lowest BCUT2D eigenvalue weighted by Crippen LogP contribution is -2.53. The Kier molecular flexibility index (Phi) is 5.45. The number of hydrogen-bond acceptors (Lipinski definition) is 3. The van der Waals surface area contributed by atoms with Crippen molar-refractivity contribution in [3.05, 3.63) is 45.1 Å². The molecule has 3 nitrogen and oxygen atoms in total. The van der Waals surface area contributed by atoms with Gasteiger partial charge in [0.05, 0.1) is 0 Å². The van der Waals surface area contributed by atoms with Crippen LogP contribution in [0.2, 0.25) is 4.34 Å². The second-order valence-corrected chi connectivity index (χ2v) is 8.93. The van der Waals surface area contributed by atoms with E-state index >= 15 is 0 Å². The van der Waals surface area contributed by atoms with Crippen LogP contribution in [-0.2, 0) is 9.67 Å². The Morgan fingerprint density at radius 1 is 1.24 bits per heavy atom. The van der Waals surface area contributed by atoms with E-state index in [1.54, 1.807) is 11.9 Å². The fourth-order valence-electron chi connectivity index (χ4n) is 3.30. The minimum absolute atomic E-state index is 0.0759. The molecule has 1 saturated heterocycles. The third-order valence-corrected chi connectivity index (χ3v) is 6.36. The average Bonchev–Trinajstić information content (AvgIpc) is 3.01. The highest BCUT2D eigenvalue weighted by Crippen LogP contribution is 2.39. The van der Waals surface area contributed by atoms with E-state index in [4.69, 9.17) is 23.2 Å². The van der Waals surface area contributed by atoms with E-state index in [2.05, 4.69) is 0 Å². The van der Waals surface area contributed by atoms with Gasteiger partial charge >= 0.3 is 0 Å². The van der Waals surface area contributed by atoms with Gasteiger partial charge in [-0.2, -0.15) is 0 Å². The van der Waals surface area contributed by atoms with Gasteiger partial charge in [0.25, 0.3) is 5.91 Å². The lowest BCUT2D eigenvalue weighted by molar-refractivity contribution is -0.153. The fourth-order valence-corrected chi connectivity index (χ4v) is 4.57. The first-order valence-corrected chi connectivity index (χ1v) is 10.0. The van der Waals surface area contributed by atoms with Crippen molar-refractivity contribution in [1.82, 2.24) is 10.0 Å². The minimum atomic E-state index is -1.12. The summed E-state index contributed by atoms with van der Waals surface area (Å²) in [5, 5.41) is 5.71. The van der Waals surface area contributed by atoms with Crippen molar-refractivity contribution < 1.29 is 4.79 Å². The monoisotopic (exact) mass is 396 g/mol. The first kappa shape index (κ1) is 18.7. The Morgan fingerprint density at radius 3 is 2.60 bits per heavy atom. The summed E-state index contributed by atoms with van der Waals surface area (Å²) in [6, 6.07) is 8.02. The quantitative estimate of drug-likeness (QED) is 0.657. The van der Waals surface area contributed by atoms with Crippen molar-refractivity contribution in [2.75, 3.05) is 20.1 Å². The van der Waals surface area contributed by atoms with Gasteiger partial charge in [0, 0.05) is 25.7 Å². The number of nitrogens with zero attached hydrogens (tertiary/aromatic N) is 2. The van der Waals surface area contributed by atoms with Crippen molar-refractivity contribution in [3.8, 4) is 11.1 Å². The molecule has 1 amide bonds. The molecule has 134 valence electrons. The molecule has 0 aliphatic carbocycles. The van der Waals surface area contributed by atoms with E-state index < -0.39 is 4.87 Å².